The summed E-state index contributed by atoms with van der Waals surface area (Å²) in [4.78, 5) is 10.9. The second-order valence-electron chi connectivity index (χ2n) is 3.34. The highest BCUT2D eigenvalue weighted by Crippen LogP contribution is 2.26. The lowest BCUT2D eigenvalue weighted by Gasteiger charge is -2.10. The van der Waals surface area contributed by atoms with E-state index in [9.17, 15) is 13.6 Å². The second-order valence-corrected chi connectivity index (χ2v) is 3.34. The maximum Gasteiger partial charge on any atom is 0.309 e. The van der Waals surface area contributed by atoms with Crippen molar-refractivity contribution in [2.75, 3.05) is 7.11 Å². The van der Waals surface area contributed by atoms with Gasteiger partial charge >= 0.3 is 5.97 Å². The lowest BCUT2D eigenvalue weighted by Crippen LogP contribution is -2.08. The van der Waals surface area contributed by atoms with E-state index in [2.05, 4.69) is 4.74 Å². The lowest BCUT2D eigenvalue weighted by molar-refractivity contribution is -0.139. The number of methoxy groups -OCH3 is 1. The average molecular weight is 214 g/mol. The molecule has 0 spiro atoms. The highest BCUT2D eigenvalue weighted by molar-refractivity contribution is 5.72. The Balaban J connectivity index is 2.77. The minimum Gasteiger partial charge on any atom is -0.469 e. The molecular weight excluding hydrogens is 202 g/mol. The molecule has 0 N–H and O–H groups in total. The molecular formula is C11H12F2O2. The SMILES string of the molecule is COC(=O)Cc1ccc(C(C)(F)F)cc1. The summed E-state index contributed by atoms with van der Waals surface area (Å²) >= 11 is 0. The van der Waals surface area contributed by atoms with E-state index in [1.54, 1.807) is 0 Å². The van der Waals surface area contributed by atoms with Crippen molar-refractivity contribution >= 4 is 5.97 Å². The first-order valence-electron chi connectivity index (χ1n) is 4.47. The van der Waals surface area contributed by atoms with Gasteiger partial charge in [-0.25, -0.2) is 8.78 Å². The maximum absolute atomic E-state index is 12.8. The fourth-order valence-corrected chi connectivity index (χ4v) is 1.15. The summed E-state index contributed by atoms with van der Waals surface area (Å²) in [5, 5.41) is 0. The molecule has 0 aliphatic rings. The van der Waals surface area contributed by atoms with Crippen LogP contribution in [0.25, 0.3) is 0 Å². The Kier molecular flexibility index (Phi) is 3.39. The smallest absolute Gasteiger partial charge is 0.309 e. The van der Waals surface area contributed by atoms with Crippen LogP contribution in [0.2, 0.25) is 0 Å². The van der Waals surface area contributed by atoms with Crippen molar-refractivity contribution in [3.63, 3.8) is 0 Å². The highest BCUT2D eigenvalue weighted by atomic mass is 19.3. The molecule has 0 saturated carbocycles. The molecule has 0 bridgehead atoms. The summed E-state index contributed by atoms with van der Waals surface area (Å²) in [6.45, 7) is 0.836. The van der Waals surface area contributed by atoms with Gasteiger partial charge in [-0.05, 0) is 5.56 Å². The van der Waals surface area contributed by atoms with Gasteiger partial charge in [0.1, 0.15) is 0 Å². The van der Waals surface area contributed by atoms with Gasteiger partial charge in [0.25, 0.3) is 5.92 Å². The Bertz CT molecular complexity index is 339. The predicted molar refractivity (Wildman–Crippen MR) is 51.7 cm³/mol. The van der Waals surface area contributed by atoms with Crippen LogP contribution < -0.4 is 0 Å². The minimum absolute atomic E-state index is 0.0592. The molecule has 0 amide bonds. The van der Waals surface area contributed by atoms with Crippen LogP contribution in [0.3, 0.4) is 0 Å². The van der Waals surface area contributed by atoms with Gasteiger partial charge in [-0.2, -0.15) is 0 Å². The molecule has 82 valence electrons. The third kappa shape index (κ3) is 3.31. The predicted octanol–water partition coefficient (Wildman–Crippen LogP) is 2.51. The molecule has 0 radical (unpaired) electrons. The highest BCUT2D eigenvalue weighted by Gasteiger charge is 2.23. The maximum atomic E-state index is 12.8. The van der Waals surface area contributed by atoms with Crippen LogP contribution in [0.1, 0.15) is 18.1 Å². The summed E-state index contributed by atoms with van der Waals surface area (Å²) in [6.07, 6.45) is 0.103. The number of esters is 1. The molecule has 0 fully saturated rings. The normalized spacial score (nSPS) is 11.2. The van der Waals surface area contributed by atoms with Crippen molar-refractivity contribution in [1.29, 1.82) is 0 Å². The molecule has 0 aliphatic carbocycles. The van der Waals surface area contributed by atoms with Crippen molar-refractivity contribution in [2.24, 2.45) is 0 Å². The number of benzene rings is 1. The number of carbonyl (C=O) groups is 1. The molecule has 1 rings (SSSR count). The fraction of sp³-hybridized carbons (Fsp3) is 0.364. The van der Waals surface area contributed by atoms with Crippen molar-refractivity contribution in [3.8, 4) is 0 Å². The molecule has 0 heterocycles. The largest absolute Gasteiger partial charge is 0.469 e. The monoisotopic (exact) mass is 214 g/mol. The van der Waals surface area contributed by atoms with Crippen LogP contribution in [0.5, 0.6) is 0 Å². The van der Waals surface area contributed by atoms with E-state index < -0.39 is 5.92 Å². The van der Waals surface area contributed by atoms with Crippen LogP contribution in [-0.4, -0.2) is 13.1 Å². The van der Waals surface area contributed by atoms with Crippen molar-refractivity contribution in [1.82, 2.24) is 0 Å². The summed E-state index contributed by atoms with van der Waals surface area (Å²) in [5.41, 5.74) is 0.603. The Morgan fingerprint density at radius 1 is 1.33 bits per heavy atom. The van der Waals surface area contributed by atoms with E-state index in [1.165, 1.54) is 31.4 Å². The van der Waals surface area contributed by atoms with E-state index in [0.717, 1.165) is 6.92 Å². The summed E-state index contributed by atoms with van der Waals surface area (Å²) < 4.78 is 30.1. The van der Waals surface area contributed by atoms with Gasteiger partial charge < -0.3 is 4.74 Å². The van der Waals surface area contributed by atoms with Crippen LogP contribution in [0.15, 0.2) is 24.3 Å². The van der Waals surface area contributed by atoms with Crippen molar-refractivity contribution in [3.05, 3.63) is 35.4 Å². The molecule has 0 atom stereocenters. The quantitative estimate of drug-likeness (QED) is 0.722. The van der Waals surface area contributed by atoms with E-state index in [0.29, 0.717) is 5.56 Å². The number of rotatable bonds is 3. The number of hydrogen-bond acceptors (Lipinski definition) is 2. The Morgan fingerprint density at radius 2 is 1.87 bits per heavy atom. The van der Waals surface area contributed by atoms with Crippen LogP contribution in [-0.2, 0) is 21.9 Å². The number of alkyl halides is 2. The van der Waals surface area contributed by atoms with Gasteiger partial charge in [-0.15, -0.1) is 0 Å². The van der Waals surface area contributed by atoms with Gasteiger partial charge in [0.05, 0.1) is 13.5 Å². The number of hydrogen-bond donors (Lipinski definition) is 0. The first-order chi connectivity index (χ1) is 6.93. The molecule has 2 nitrogen and oxygen atoms in total. The zero-order valence-corrected chi connectivity index (χ0v) is 8.59. The van der Waals surface area contributed by atoms with Gasteiger partial charge in [-0.1, -0.05) is 24.3 Å². The molecule has 0 saturated heterocycles. The standard InChI is InChI=1S/C11H12F2O2/c1-11(12,13)9-5-3-8(4-6-9)7-10(14)15-2/h3-6H,7H2,1-2H3. The lowest BCUT2D eigenvalue weighted by atomic mass is 10.1. The Morgan fingerprint density at radius 3 is 2.27 bits per heavy atom. The van der Waals surface area contributed by atoms with Gasteiger partial charge in [0.15, 0.2) is 0 Å². The Hall–Kier alpha value is -1.45. The first kappa shape index (κ1) is 11.6. The van der Waals surface area contributed by atoms with E-state index in [1.807, 2.05) is 0 Å². The van der Waals surface area contributed by atoms with Crippen molar-refractivity contribution in [2.45, 2.75) is 19.3 Å². The fourth-order valence-electron chi connectivity index (χ4n) is 1.15. The van der Waals surface area contributed by atoms with Gasteiger partial charge in [0, 0.05) is 12.5 Å². The number of halogens is 2. The number of ether oxygens (including phenoxy) is 1. The van der Waals surface area contributed by atoms with Gasteiger partial charge in [-0.3, -0.25) is 4.79 Å². The summed E-state index contributed by atoms with van der Waals surface area (Å²) in [5.74, 6) is -3.23. The molecule has 1 aromatic rings. The third-order valence-electron chi connectivity index (χ3n) is 2.04. The zero-order chi connectivity index (χ0) is 11.5. The second kappa shape index (κ2) is 4.38. The van der Waals surface area contributed by atoms with Crippen molar-refractivity contribution < 1.29 is 18.3 Å². The number of carbonyl (C=O) groups excluding carboxylic acids is 1. The zero-order valence-electron chi connectivity index (χ0n) is 8.59. The van der Waals surface area contributed by atoms with Crippen LogP contribution >= 0.6 is 0 Å². The minimum atomic E-state index is -2.84. The molecule has 15 heavy (non-hydrogen) atoms. The van der Waals surface area contributed by atoms with E-state index >= 15 is 0 Å². The van der Waals surface area contributed by atoms with E-state index in [4.69, 9.17) is 0 Å². The molecule has 4 heteroatoms. The first-order valence-corrected chi connectivity index (χ1v) is 4.47. The molecule has 0 unspecified atom stereocenters. The molecule has 0 aliphatic heterocycles. The average Bonchev–Trinajstić information content (AvgIpc) is 2.17. The topological polar surface area (TPSA) is 26.3 Å². The summed E-state index contributed by atoms with van der Waals surface area (Å²) in [6, 6.07) is 5.64. The van der Waals surface area contributed by atoms with Crippen LogP contribution in [0, 0.1) is 0 Å². The third-order valence-corrected chi connectivity index (χ3v) is 2.04. The molecule has 1 aromatic carbocycles. The van der Waals surface area contributed by atoms with Crippen LogP contribution in [0.4, 0.5) is 8.78 Å². The summed E-state index contributed by atoms with van der Waals surface area (Å²) in [7, 11) is 1.29. The molecule has 0 aromatic heterocycles. The Labute approximate surface area is 86.9 Å². The van der Waals surface area contributed by atoms with Gasteiger partial charge in [0.2, 0.25) is 0 Å². The van der Waals surface area contributed by atoms with E-state index in [-0.39, 0.29) is 18.0 Å².